The third-order valence-electron chi connectivity index (χ3n) is 4.82. The molecule has 136 valence electrons. The van der Waals surface area contributed by atoms with Gasteiger partial charge in [0.25, 0.3) is 0 Å². The molecular formula is C18H31N3O3. The van der Waals surface area contributed by atoms with E-state index in [9.17, 15) is 5.11 Å². The summed E-state index contributed by atoms with van der Waals surface area (Å²) in [5, 5.41) is 17.2. The number of rotatable bonds is 9. The summed E-state index contributed by atoms with van der Waals surface area (Å²) in [4.78, 5) is 4.54. The van der Waals surface area contributed by atoms with Crippen LogP contribution in [0.4, 0.5) is 0 Å². The van der Waals surface area contributed by atoms with Gasteiger partial charge in [0.1, 0.15) is 11.4 Å². The van der Waals surface area contributed by atoms with Gasteiger partial charge in [0.15, 0.2) is 5.96 Å². The molecule has 24 heavy (non-hydrogen) atoms. The van der Waals surface area contributed by atoms with Crippen LogP contribution >= 0.6 is 0 Å². The Balaban J connectivity index is 1.93. The molecule has 0 amide bonds. The molecule has 1 aromatic heterocycles. The second kappa shape index (κ2) is 8.53. The lowest BCUT2D eigenvalue weighted by atomic mass is 9.67. The first kappa shape index (κ1) is 18.8. The normalized spacial score (nSPS) is 19.4. The highest BCUT2D eigenvalue weighted by molar-refractivity contribution is 5.79. The third kappa shape index (κ3) is 4.98. The van der Waals surface area contributed by atoms with Crippen molar-refractivity contribution in [2.45, 2.75) is 45.1 Å². The van der Waals surface area contributed by atoms with E-state index in [1.807, 2.05) is 6.92 Å². The van der Waals surface area contributed by atoms with Crippen molar-refractivity contribution in [2.24, 2.45) is 10.4 Å². The molecule has 1 atom stereocenters. The van der Waals surface area contributed by atoms with Crippen LogP contribution in [-0.4, -0.2) is 44.4 Å². The average molecular weight is 337 g/mol. The molecule has 6 heteroatoms. The number of guanidine groups is 1. The maximum Gasteiger partial charge on any atom is 0.191 e. The molecule has 0 aromatic carbocycles. The Bertz CT molecular complexity index is 508. The Morgan fingerprint density at radius 3 is 2.79 bits per heavy atom. The monoisotopic (exact) mass is 337 g/mol. The average Bonchev–Trinajstić information content (AvgIpc) is 3.06. The summed E-state index contributed by atoms with van der Waals surface area (Å²) in [6.45, 7) is 6.44. The summed E-state index contributed by atoms with van der Waals surface area (Å²) in [6.07, 6.45) is 6.37. The lowest BCUT2D eigenvalue weighted by Crippen LogP contribution is -2.47. The predicted molar refractivity (Wildman–Crippen MR) is 95.0 cm³/mol. The molecule has 0 aliphatic heterocycles. The first-order valence-electron chi connectivity index (χ1n) is 8.79. The van der Waals surface area contributed by atoms with Gasteiger partial charge in [-0.1, -0.05) is 6.42 Å². The lowest BCUT2D eigenvalue weighted by Gasteiger charge is -2.42. The van der Waals surface area contributed by atoms with Crippen LogP contribution in [0.15, 0.2) is 27.8 Å². The summed E-state index contributed by atoms with van der Waals surface area (Å²) in [5.74, 6) is 1.26. The summed E-state index contributed by atoms with van der Waals surface area (Å²) >= 11 is 0. The fourth-order valence-corrected chi connectivity index (χ4v) is 3.02. The highest BCUT2D eigenvalue weighted by Gasteiger charge is 2.36. The lowest BCUT2D eigenvalue weighted by molar-refractivity contribution is 0.0435. The van der Waals surface area contributed by atoms with Crippen molar-refractivity contribution >= 4 is 5.96 Å². The Kier molecular flexibility index (Phi) is 6.69. The minimum Gasteiger partial charge on any atom is -0.466 e. The quantitative estimate of drug-likeness (QED) is 0.476. The Morgan fingerprint density at radius 2 is 2.25 bits per heavy atom. The van der Waals surface area contributed by atoms with Gasteiger partial charge >= 0.3 is 0 Å². The molecule has 1 aliphatic carbocycles. The van der Waals surface area contributed by atoms with Gasteiger partial charge in [0.05, 0.1) is 12.8 Å². The number of nitrogens with one attached hydrogen (secondary N) is 2. The molecule has 0 radical (unpaired) electrons. The predicted octanol–water partition coefficient (Wildman–Crippen LogP) is 2.25. The van der Waals surface area contributed by atoms with Crippen molar-refractivity contribution in [3.8, 4) is 0 Å². The molecule has 3 N–H and O–H groups in total. The minimum absolute atomic E-state index is 0.237. The van der Waals surface area contributed by atoms with Crippen molar-refractivity contribution in [2.75, 3.05) is 33.4 Å². The van der Waals surface area contributed by atoms with E-state index in [1.165, 1.54) is 19.3 Å². The van der Waals surface area contributed by atoms with Crippen molar-refractivity contribution in [3.63, 3.8) is 0 Å². The number of aliphatic hydroxyl groups is 1. The number of nitrogens with zero attached hydrogens (tertiary/aromatic N) is 1. The maximum absolute atomic E-state index is 10.5. The van der Waals surface area contributed by atoms with Gasteiger partial charge < -0.3 is 24.9 Å². The molecule has 1 fully saturated rings. The summed E-state index contributed by atoms with van der Waals surface area (Å²) in [6, 6.07) is 3.54. The molecule has 0 spiro atoms. The van der Waals surface area contributed by atoms with Crippen LogP contribution < -0.4 is 10.6 Å². The Hall–Kier alpha value is -1.53. The van der Waals surface area contributed by atoms with Crippen molar-refractivity contribution < 1.29 is 14.3 Å². The van der Waals surface area contributed by atoms with Crippen LogP contribution in [0.25, 0.3) is 0 Å². The zero-order valence-corrected chi connectivity index (χ0v) is 15.1. The van der Waals surface area contributed by atoms with Gasteiger partial charge in [-0.3, -0.25) is 0 Å². The molecule has 1 saturated carbocycles. The second-order valence-electron chi connectivity index (χ2n) is 6.90. The van der Waals surface area contributed by atoms with E-state index < -0.39 is 5.60 Å². The summed E-state index contributed by atoms with van der Waals surface area (Å²) < 4.78 is 10.5. The van der Waals surface area contributed by atoms with E-state index in [1.54, 1.807) is 32.4 Å². The molecule has 1 aromatic rings. The zero-order chi connectivity index (χ0) is 17.5. The molecule has 0 saturated heterocycles. The molecule has 2 rings (SSSR count). The highest BCUT2D eigenvalue weighted by atomic mass is 16.5. The number of ether oxygens (including phenoxy) is 1. The fraction of sp³-hybridized carbons (Fsp3) is 0.722. The fourth-order valence-electron chi connectivity index (χ4n) is 3.02. The largest absolute Gasteiger partial charge is 0.466 e. The SMILES string of the molecule is CCNC(=NCC(C)(O)c1ccco1)NCC1(CCOC)CCC1. The van der Waals surface area contributed by atoms with Crippen LogP contribution in [0, 0.1) is 5.41 Å². The van der Waals surface area contributed by atoms with Crippen LogP contribution in [0.3, 0.4) is 0 Å². The maximum atomic E-state index is 10.5. The van der Waals surface area contributed by atoms with E-state index in [2.05, 4.69) is 15.6 Å². The van der Waals surface area contributed by atoms with Crippen LogP contribution in [0.2, 0.25) is 0 Å². The molecule has 1 heterocycles. The molecule has 0 bridgehead atoms. The van der Waals surface area contributed by atoms with Crippen molar-refractivity contribution in [1.29, 1.82) is 0 Å². The van der Waals surface area contributed by atoms with E-state index in [4.69, 9.17) is 9.15 Å². The minimum atomic E-state index is -1.12. The second-order valence-corrected chi connectivity index (χ2v) is 6.90. The Morgan fingerprint density at radius 1 is 1.46 bits per heavy atom. The number of hydrogen-bond donors (Lipinski definition) is 3. The van der Waals surface area contributed by atoms with Crippen LogP contribution in [0.5, 0.6) is 0 Å². The molecule has 1 aliphatic rings. The topological polar surface area (TPSA) is 79.0 Å². The number of furan rings is 1. The van der Waals surface area contributed by atoms with E-state index in [0.717, 1.165) is 32.1 Å². The van der Waals surface area contributed by atoms with Gasteiger partial charge in [-0.2, -0.15) is 0 Å². The first-order valence-corrected chi connectivity index (χ1v) is 8.79. The van der Waals surface area contributed by atoms with E-state index in [-0.39, 0.29) is 6.54 Å². The number of methoxy groups -OCH3 is 1. The number of aliphatic imine (C=N–C) groups is 1. The van der Waals surface area contributed by atoms with Crippen LogP contribution in [-0.2, 0) is 10.3 Å². The summed E-state index contributed by atoms with van der Waals surface area (Å²) in [7, 11) is 1.75. The van der Waals surface area contributed by atoms with Crippen LogP contribution in [0.1, 0.15) is 45.3 Å². The zero-order valence-electron chi connectivity index (χ0n) is 15.1. The van der Waals surface area contributed by atoms with Gasteiger partial charge in [-0.05, 0) is 50.7 Å². The van der Waals surface area contributed by atoms with Gasteiger partial charge in [0.2, 0.25) is 0 Å². The smallest absolute Gasteiger partial charge is 0.191 e. The highest BCUT2D eigenvalue weighted by Crippen LogP contribution is 2.43. The van der Waals surface area contributed by atoms with Gasteiger partial charge in [-0.15, -0.1) is 0 Å². The molecule has 1 unspecified atom stereocenters. The first-order chi connectivity index (χ1) is 11.5. The van der Waals surface area contributed by atoms with Crippen molar-refractivity contribution in [1.82, 2.24) is 10.6 Å². The molecular weight excluding hydrogens is 306 g/mol. The Labute approximate surface area is 144 Å². The summed E-state index contributed by atoms with van der Waals surface area (Å²) in [5.41, 5.74) is -0.800. The van der Waals surface area contributed by atoms with E-state index in [0.29, 0.717) is 11.2 Å². The number of hydrogen-bond acceptors (Lipinski definition) is 4. The van der Waals surface area contributed by atoms with Gasteiger partial charge in [-0.25, -0.2) is 4.99 Å². The van der Waals surface area contributed by atoms with Gasteiger partial charge in [0, 0.05) is 26.8 Å². The third-order valence-corrected chi connectivity index (χ3v) is 4.82. The van der Waals surface area contributed by atoms with E-state index >= 15 is 0 Å². The molecule has 6 nitrogen and oxygen atoms in total. The van der Waals surface area contributed by atoms with Crippen molar-refractivity contribution in [3.05, 3.63) is 24.2 Å². The standard InChI is InChI=1S/C18H31N3O3/c1-4-19-16(20-13-17(2,22)15-7-5-11-24-15)21-14-18(8-6-9-18)10-12-23-3/h5,7,11,22H,4,6,8-10,12-14H2,1-3H3,(H2,19,20,21).